The molecule has 4 nitrogen and oxygen atoms in total. The standard InChI is InChI=1S/C29H21ClF3N3O/c1-17-8-9-20(26(37)15-18-4-2-5-21(14-18)29(31,32)33)16-25(17)35-28-23-6-3-7-24(23)34-27(36-28)19-10-12-22(30)13-11-19/h2-5,7-14,16H,6,15H2,1H3,(H,34,35,36). The third-order valence-corrected chi connectivity index (χ3v) is 6.42. The Bertz CT molecular complexity index is 1530. The number of hydrogen-bond donors (Lipinski definition) is 1. The zero-order chi connectivity index (χ0) is 26.2. The Morgan fingerprint density at radius 2 is 1.81 bits per heavy atom. The fourth-order valence-electron chi connectivity index (χ4n) is 4.16. The van der Waals surface area contributed by atoms with Gasteiger partial charge in [-0.15, -0.1) is 0 Å². The predicted molar refractivity (Wildman–Crippen MR) is 139 cm³/mol. The van der Waals surface area contributed by atoms with Crippen molar-refractivity contribution in [2.75, 3.05) is 5.32 Å². The maximum Gasteiger partial charge on any atom is 0.416 e. The molecule has 0 amide bonds. The lowest BCUT2D eigenvalue weighted by atomic mass is 9.99. The highest BCUT2D eigenvalue weighted by Gasteiger charge is 2.30. The van der Waals surface area contributed by atoms with Gasteiger partial charge in [0.05, 0.1) is 11.3 Å². The van der Waals surface area contributed by atoms with Crippen LogP contribution < -0.4 is 5.32 Å². The van der Waals surface area contributed by atoms with Crippen LogP contribution in [0, 0.1) is 6.92 Å². The van der Waals surface area contributed by atoms with Crippen LogP contribution >= 0.6 is 11.6 Å². The third-order valence-electron chi connectivity index (χ3n) is 6.17. The van der Waals surface area contributed by atoms with Crippen LogP contribution in [0.1, 0.15) is 38.3 Å². The first-order valence-corrected chi connectivity index (χ1v) is 12.0. The molecular formula is C29H21ClF3N3O. The average Bonchev–Trinajstić information content (AvgIpc) is 3.34. The van der Waals surface area contributed by atoms with Crippen LogP contribution in [0.25, 0.3) is 17.5 Å². The summed E-state index contributed by atoms with van der Waals surface area (Å²) < 4.78 is 39.2. The molecule has 8 heteroatoms. The lowest BCUT2D eigenvalue weighted by molar-refractivity contribution is -0.137. The van der Waals surface area contributed by atoms with Crippen molar-refractivity contribution in [3.8, 4) is 11.4 Å². The quantitative estimate of drug-likeness (QED) is 0.263. The first-order chi connectivity index (χ1) is 17.7. The number of alkyl halides is 3. The second-order valence-electron chi connectivity index (χ2n) is 8.83. The van der Waals surface area contributed by atoms with Gasteiger partial charge in [0.1, 0.15) is 5.82 Å². The van der Waals surface area contributed by atoms with Gasteiger partial charge < -0.3 is 5.32 Å². The number of carbonyl (C=O) groups excluding carboxylic acids is 1. The summed E-state index contributed by atoms with van der Waals surface area (Å²) in [6, 6.07) is 17.3. The number of halogens is 4. The number of nitrogens with one attached hydrogen (secondary N) is 1. The number of ketones is 1. The van der Waals surface area contributed by atoms with Crippen molar-refractivity contribution in [1.29, 1.82) is 0 Å². The fraction of sp³-hybridized carbons (Fsp3) is 0.138. The summed E-state index contributed by atoms with van der Waals surface area (Å²) >= 11 is 6.03. The molecule has 5 rings (SSSR count). The molecule has 0 aliphatic heterocycles. The van der Waals surface area contributed by atoms with E-state index in [9.17, 15) is 18.0 Å². The molecule has 1 aliphatic rings. The lowest BCUT2D eigenvalue weighted by Crippen LogP contribution is -2.09. The Labute approximate surface area is 216 Å². The summed E-state index contributed by atoms with van der Waals surface area (Å²) in [6.45, 7) is 1.91. The molecule has 1 heterocycles. The monoisotopic (exact) mass is 519 g/mol. The molecule has 0 saturated carbocycles. The predicted octanol–water partition coefficient (Wildman–Crippen LogP) is 7.86. The largest absolute Gasteiger partial charge is 0.416 e. The van der Waals surface area contributed by atoms with Crippen LogP contribution in [-0.4, -0.2) is 15.8 Å². The molecule has 0 saturated heterocycles. The van der Waals surface area contributed by atoms with Crippen LogP contribution in [0.4, 0.5) is 24.7 Å². The molecule has 1 aliphatic carbocycles. The number of benzene rings is 3. The van der Waals surface area contributed by atoms with Gasteiger partial charge in [-0.2, -0.15) is 13.2 Å². The highest BCUT2D eigenvalue weighted by molar-refractivity contribution is 6.30. The molecule has 0 unspecified atom stereocenters. The summed E-state index contributed by atoms with van der Waals surface area (Å²) in [5.74, 6) is 0.892. The Balaban J connectivity index is 1.43. The van der Waals surface area contributed by atoms with Crippen molar-refractivity contribution in [1.82, 2.24) is 9.97 Å². The van der Waals surface area contributed by atoms with Crippen molar-refractivity contribution < 1.29 is 18.0 Å². The van der Waals surface area contributed by atoms with E-state index in [4.69, 9.17) is 16.6 Å². The van der Waals surface area contributed by atoms with E-state index >= 15 is 0 Å². The number of rotatable bonds is 6. The highest BCUT2D eigenvalue weighted by Crippen LogP contribution is 2.32. The van der Waals surface area contributed by atoms with Crippen LogP contribution in [0.5, 0.6) is 0 Å². The molecule has 3 aromatic carbocycles. The maximum atomic E-state index is 13.1. The summed E-state index contributed by atoms with van der Waals surface area (Å²) in [5.41, 5.74) is 4.08. The Morgan fingerprint density at radius 1 is 1.03 bits per heavy atom. The van der Waals surface area contributed by atoms with Gasteiger partial charge in [0, 0.05) is 33.8 Å². The number of fused-ring (bicyclic) bond motifs is 1. The van der Waals surface area contributed by atoms with Gasteiger partial charge in [-0.25, -0.2) is 9.97 Å². The minimum Gasteiger partial charge on any atom is -0.340 e. The highest BCUT2D eigenvalue weighted by atomic mass is 35.5. The minimum absolute atomic E-state index is 0.139. The van der Waals surface area contributed by atoms with E-state index in [1.165, 1.54) is 12.1 Å². The summed E-state index contributed by atoms with van der Waals surface area (Å²) in [4.78, 5) is 22.4. The molecule has 37 heavy (non-hydrogen) atoms. The molecular weight excluding hydrogens is 499 g/mol. The third kappa shape index (κ3) is 5.42. The fourth-order valence-corrected chi connectivity index (χ4v) is 4.29. The zero-order valence-corrected chi connectivity index (χ0v) is 20.5. The van der Waals surface area contributed by atoms with Gasteiger partial charge in [0.25, 0.3) is 0 Å². The first-order valence-electron chi connectivity index (χ1n) is 11.6. The maximum absolute atomic E-state index is 13.1. The first kappa shape index (κ1) is 24.7. The number of hydrogen-bond acceptors (Lipinski definition) is 4. The molecule has 4 aromatic rings. The van der Waals surface area contributed by atoms with E-state index < -0.39 is 11.7 Å². The van der Waals surface area contributed by atoms with Crippen molar-refractivity contribution in [2.45, 2.75) is 25.9 Å². The van der Waals surface area contributed by atoms with E-state index in [2.05, 4.69) is 10.3 Å². The Morgan fingerprint density at radius 3 is 2.57 bits per heavy atom. The van der Waals surface area contributed by atoms with E-state index in [1.54, 1.807) is 24.3 Å². The molecule has 0 atom stereocenters. The van der Waals surface area contributed by atoms with Crippen LogP contribution in [-0.2, 0) is 19.0 Å². The van der Waals surface area contributed by atoms with Gasteiger partial charge in [-0.05, 0) is 66.9 Å². The number of nitrogens with zero attached hydrogens (tertiary/aromatic N) is 2. The number of Topliss-reactive ketones (excluding diaryl/α,β-unsaturated/α-hetero) is 1. The smallest absolute Gasteiger partial charge is 0.340 e. The topological polar surface area (TPSA) is 54.9 Å². The van der Waals surface area contributed by atoms with Crippen molar-refractivity contribution in [2.24, 2.45) is 0 Å². The number of carbonyl (C=O) groups is 1. The molecule has 0 spiro atoms. The molecule has 0 bridgehead atoms. The number of aromatic nitrogens is 2. The molecule has 0 fully saturated rings. The summed E-state index contributed by atoms with van der Waals surface area (Å²) in [7, 11) is 0. The zero-order valence-electron chi connectivity index (χ0n) is 19.7. The van der Waals surface area contributed by atoms with Crippen LogP contribution in [0.3, 0.4) is 0 Å². The summed E-state index contributed by atoms with van der Waals surface area (Å²) in [5, 5.41) is 3.98. The van der Waals surface area contributed by atoms with E-state index in [0.29, 0.717) is 39.9 Å². The SMILES string of the molecule is Cc1ccc(C(=O)Cc2cccc(C(F)(F)F)c2)cc1Nc1nc(-c2ccc(Cl)cc2)nc2c1CC=C2. The number of allylic oxidation sites excluding steroid dienone is 1. The number of aryl methyl sites for hydroxylation is 1. The molecule has 186 valence electrons. The van der Waals surface area contributed by atoms with E-state index in [0.717, 1.165) is 34.5 Å². The van der Waals surface area contributed by atoms with E-state index in [1.807, 2.05) is 37.3 Å². The summed E-state index contributed by atoms with van der Waals surface area (Å²) in [6.07, 6.45) is 0.0325. The second-order valence-corrected chi connectivity index (χ2v) is 9.26. The number of anilines is 2. The van der Waals surface area contributed by atoms with E-state index in [-0.39, 0.29) is 12.2 Å². The van der Waals surface area contributed by atoms with Crippen LogP contribution in [0.15, 0.2) is 72.8 Å². The van der Waals surface area contributed by atoms with Gasteiger partial charge in [-0.3, -0.25) is 4.79 Å². The van der Waals surface area contributed by atoms with Gasteiger partial charge in [0.15, 0.2) is 11.6 Å². The van der Waals surface area contributed by atoms with Gasteiger partial charge in [-0.1, -0.05) is 48.0 Å². The van der Waals surface area contributed by atoms with Crippen molar-refractivity contribution >= 4 is 35.0 Å². The van der Waals surface area contributed by atoms with Crippen molar-refractivity contribution in [3.05, 3.63) is 111 Å². The molecule has 1 N–H and O–H groups in total. The van der Waals surface area contributed by atoms with Crippen molar-refractivity contribution in [3.63, 3.8) is 0 Å². The van der Waals surface area contributed by atoms with Gasteiger partial charge in [0.2, 0.25) is 0 Å². The Kier molecular flexibility index (Phi) is 6.56. The minimum atomic E-state index is -4.46. The van der Waals surface area contributed by atoms with Gasteiger partial charge >= 0.3 is 6.18 Å². The Hall–Kier alpha value is -3.97. The average molecular weight is 520 g/mol. The second kappa shape index (κ2) is 9.82. The lowest BCUT2D eigenvalue weighted by Gasteiger charge is -2.15. The molecule has 1 aromatic heterocycles. The van der Waals surface area contributed by atoms with Crippen LogP contribution in [0.2, 0.25) is 5.02 Å². The normalized spacial score (nSPS) is 12.5. The molecule has 0 radical (unpaired) electrons.